The van der Waals surface area contributed by atoms with Crippen LogP contribution in [0.15, 0.2) is 24.3 Å². The lowest BCUT2D eigenvalue weighted by Gasteiger charge is -2.16. The summed E-state index contributed by atoms with van der Waals surface area (Å²) in [6.45, 7) is 5.55. The molecule has 1 atom stereocenters. The van der Waals surface area contributed by atoms with Crippen LogP contribution in [0.25, 0.3) is 0 Å². The standard InChI is InChI=1S/C18H22ClN5O2/c1-10-8-11(2)24(23-10)12(3)16(25)22-15-5-4-13(9-14(15)19)21-17(26)18(20)6-7-18/h4-5,8-9,12H,6-7,20H2,1-3H3,(H,21,26)(H,22,25). The number of anilines is 2. The second kappa shape index (κ2) is 6.74. The molecule has 1 aliphatic rings. The molecule has 1 heterocycles. The van der Waals surface area contributed by atoms with Crippen LogP contribution >= 0.6 is 11.6 Å². The molecule has 3 rings (SSSR count). The average Bonchev–Trinajstić information content (AvgIpc) is 3.24. The highest BCUT2D eigenvalue weighted by molar-refractivity contribution is 6.34. The summed E-state index contributed by atoms with van der Waals surface area (Å²) >= 11 is 6.25. The van der Waals surface area contributed by atoms with Crippen molar-refractivity contribution in [2.24, 2.45) is 5.73 Å². The summed E-state index contributed by atoms with van der Waals surface area (Å²) in [5.74, 6) is -0.447. The Balaban J connectivity index is 1.68. The van der Waals surface area contributed by atoms with Crippen LogP contribution in [0.4, 0.5) is 11.4 Å². The first kappa shape index (κ1) is 18.4. The van der Waals surface area contributed by atoms with Gasteiger partial charge in [0, 0.05) is 11.4 Å². The molecule has 0 radical (unpaired) electrons. The molecule has 1 aliphatic carbocycles. The summed E-state index contributed by atoms with van der Waals surface area (Å²) in [6, 6.07) is 6.36. The quantitative estimate of drug-likeness (QED) is 0.747. The Labute approximate surface area is 156 Å². The Hall–Kier alpha value is -2.38. The third-order valence-electron chi connectivity index (χ3n) is 4.52. The maximum atomic E-state index is 12.5. The van der Waals surface area contributed by atoms with Gasteiger partial charge in [-0.3, -0.25) is 14.3 Å². The molecule has 1 saturated carbocycles. The molecule has 0 saturated heterocycles. The van der Waals surface area contributed by atoms with Gasteiger partial charge in [0.1, 0.15) is 6.04 Å². The lowest BCUT2D eigenvalue weighted by Crippen LogP contribution is -2.37. The molecule has 1 unspecified atom stereocenters. The van der Waals surface area contributed by atoms with Gasteiger partial charge in [0.05, 0.1) is 21.9 Å². The second-order valence-electron chi connectivity index (χ2n) is 6.84. The molecule has 26 heavy (non-hydrogen) atoms. The zero-order valence-corrected chi connectivity index (χ0v) is 15.7. The third-order valence-corrected chi connectivity index (χ3v) is 4.83. The van der Waals surface area contributed by atoms with Gasteiger partial charge >= 0.3 is 0 Å². The van der Waals surface area contributed by atoms with Crippen LogP contribution < -0.4 is 16.4 Å². The first-order chi connectivity index (χ1) is 12.2. The summed E-state index contributed by atoms with van der Waals surface area (Å²) in [6.07, 6.45) is 1.37. The van der Waals surface area contributed by atoms with Gasteiger partial charge in [0.2, 0.25) is 11.8 Å². The number of nitrogens with zero attached hydrogens (tertiary/aromatic N) is 2. The monoisotopic (exact) mass is 375 g/mol. The number of aryl methyl sites for hydroxylation is 2. The normalized spacial score (nSPS) is 16.0. The zero-order valence-electron chi connectivity index (χ0n) is 15.0. The predicted molar refractivity (Wildman–Crippen MR) is 101 cm³/mol. The SMILES string of the molecule is Cc1cc(C)n(C(C)C(=O)Nc2ccc(NC(=O)C3(N)CC3)cc2Cl)n1. The Kier molecular flexibility index (Phi) is 4.77. The van der Waals surface area contributed by atoms with Crippen LogP contribution in [0.2, 0.25) is 5.02 Å². The average molecular weight is 376 g/mol. The van der Waals surface area contributed by atoms with Crippen LogP contribution in [0.3, 0.4) is 0 Å². The van der Waals surface area contributed by atoms with E-state index in [9.17, 15) is 9.59 Å². The number of hydrogen-bond donors (Lipinski definition) is 3. The number of halogens is 1. The number of rotatable bonds is 5. The Morgan fingerprint density at radius 2 is 1.96 bits per heavy atom. The van der Waals surface area contributed by atoms with E-state index < -0.39 is 11.6 Å². The van der Waals surface area contributed by atoms with Crippen LogP contribution in [-0.2, 0) is 9.59 Å². The van der Waals surface area contributed by atoms with E-state index in [2.05, 4.69) is 15.7 Å². The van der Waals surface area contributed by atoms with Crippen molar-refractivity contribution < 1.29 is 9.59 Å². The maximum absolute atomic E-state index is 12.5. The minimum absolute atomic E-state index is 0.219. The van der Waals surface area contributed by atoms with Crippen molar-refractivity contribution in [1.29, 1.82) is 0 Å². The molecule has 8 heteroatoms. The van der Waals surface area contributed by atoms with Crippen LogP contribution in [0, 0.1) is 13.8 Å². The van der Waals surface area contributed by atoms with E-state index in [1.165, 1.54) is 0 Å². The summed E-state index contributed by atoms with van der Waals surface area (Å²) in [5, 5.41) is 10.2. The summed E-state index contributed by atoms with van der Waals surface area (Å²) in [5.41, 5.74) is 7.88. The molecule has 0 aliphatic heterocycles. The van der Waals surface area contributed by atoms with Gasteiger partial charge < -0.3 is 16.4 Å². The van der Waals surface area contributed by atoms with Crippen molar-refractivity contribution in [1.82, 2.24) is 9.78 Å². The van der Waals surface area contributed by atoms with Gasteiger partial charge in [-0.05, 0) is 57.9 Å². The topological polar surface area (TPSA) is 102 Å². The third kappa shape index (κ3) is 3.73. The summed E-state index contributed by atoms with van der Waals surface area (Å²) in [4.78, 5) is 24.5. The molecule has 0 bridgehead atoms. The minimum atomic E-state index is -0.755. The van der Waals surface area contributed by atoms with E-state index in [-0.39, 0.29) is 11.8 Å². The Bertz CT molecular complexity index is 872. The van der Waals surface area contributed by atoms with Crippen molar-refractivity contribution in [3.63, 3.8) is 0 Å². The van der Waals surface area contributed by atoms with Gasteiger partial charge in [-0.1, -0.05) is 11.6 Å². The second-order valence-corrected chi connectivity index (χ2v) is 7.25. The van der Waals surface area contributed by atoms with Crippen molar-refractivity contribution in [3.05, 3.63) is 40.7 Å². The molecule has 138 valence electrons. The number of nitrogens with one attached hydrogen (secondary N) is 2. The molecule has 2 aromatic rings. The van der Waals surface area contributed by atoms with E-state index in [4.69, 9.17) is 17.3 Å². The van der Waals surface area contributed by atoms with Gasteiger partial charge in [0.25, 0.3) is 0 Å². The first-order valence-corrected chi connectivity index (χ1v) is 8.81. The van der Waals surface area contributed by atoms with E-state index in [1.807, 2.05) is 19.9 Å². The van der Waals surface area contributed by atoms with E-state index >= 15 is 0 Å². The molecular weight excluding hydrogens is 354 g/mol. The Morgan fingerprint density at radius 3 is 2.50 bits per heavy atom. The number of aromatic nitrogens is 2. The number of amides is 2. The molecule has 1 aromatic heterocycles. The molecular formula is C18H22ClN5O2. The smallest absolute Gasteiger partial charge is 0.248 e. The Morgan fingerprint density at radius 1 is 1.27 bits per heavy atom. The largest absolute Gasteiger partial charge is 0.324 e. The molecule has 2 amide bonds. The lowest BCUT2D eigenvalue weighted by atomic mass is 10.2. The van der Waals surface area contributed by atoms with Crippen LogP contribution in [0.1, 0.15) is 37.2 Å². The number of carbonyl (C=O) groups is 2. The fraction of sp³-hybridized carbons (Fsp3) is 0.389. The highest BCUT2D eigenvalue weighted by Crippen LogP contribution is 2.34. The molecule has 7 nitrogen and oxygen atoms in total. The van der Waals surface area contributed by atoms with Gasteiger partial charge in [-0.2, -0.15) is 5.10 Å². The van der Waals surface area contributed by atoms with E-state index in [0.717, 1.165) is 11.4 Å². The lowest BCUT2D eigenvalue weighted by molar-refractivity contribution is -0.119. The highest BCUT2D eigenvalue weighted by atomic mass is 35.5. The van der Waals surface area contributed by atoms with Gasteiger partial charge in [0.15, 0.2) is 0 Å². The molecule has 4 N–H and O–H groups in total. The fourth-order valence-electron chi connectivity index (χ4n) is 2.70. The van der Waals surface area contributed by atoms with Gasteiger partial charge in [-0.15, -0.1) is 0 Å². The van der Waals surface area contributed by atoms with Crippen molar-refractivity contribution in [2.75, 3.05) is 10.6 Å². The number of carbonyl (C=O) groups excluding carboxylic acids is 2. The summed E-state index contributed by atoms with van der Waals surface area (Å²) in [7, 11) is 0. The van der Waals surface area contributed by atoms with Crippen LogP contribution in [0.5, 0.6) is 0 Å². The van der Waals surface area contributed by atoms with Crippen molar-refractivity contribution in [3.8, 4) is 0 Å². The van der Waals surface area contributed by atoms with Crippen molar-refractivity contribution >= 4 is 34.8 Å². The number of hydrogen-bond acceptors (Lipinski definition) is 4. The fourth-order valence-corrected chi connectivity index (χ4v) is 2.93. The molecule has 0 spiro atoms. The first-order valence-electron chi connectivity index (χ1n) is 8.43. The summed E-state index contributed by atoms with van der Waals surface area (Å²) < 4.78 is 1.67. The van der Waals surface area contributed by atoms with Crippen molar-refractivity contribution in [2.45, 2.75) is 45.2 Å². The maximum Gasteiger partial charge on any atom is 0.248 e. The van der Waals surface area contributed by atoms with Gasteiger partial charge in [-0.25, -0.2) is 0 Å². The van der Waals surface area contributed by atoms with E-state index in [1.54, 1.807) is 29.8 Å². The molecule has 1 fully saturated rings. The predicted octanol–water partition coefficient (Wildman–Crippen LogP) is 2.78. The van der Waals surface area contributed by atoms with E-state index in [0.29, 0.717) is 29.2 Å². The molecule has 1 aromatic carbocycles. The minimum Gasteiger partial charge on any atom is -0.324 e. The van der Waals surface area contributed by atoms with Crippen LogP contribution in [-0.4, -0.2) is 27.1 Å². The number of benzene rings is 1. The zero-order chi connectivity index (χ0) is 19.1. The highest BCUT2D eigenvalue weighted by Gasteiger charge is 2.45. The number of nitrogens with two attached hydrogens (primary N) is 1.